The lowest BCUT2D eigenvalue weighted by atomic mass is 10.1. The second-order valence-electron chi connectivity index (χ2n) is 4.15. The van der Waals surface area contributed by atoms with Gasteiger partial charge in [0.2, 0.25) is 11.8 Å². The van der Waals surface area contributed by atoms with Crippen LogP contribution in [-0.2, 0) is 0 Å². The molecule has 1 aromatic carbocycles. The summed E-state index contributed by atoms with van der Waals surface area (Å²) in [6.45, 7) is 1.86. The Kier molecular flexibility index (Phi) is 3.66. The summed E-state index contributed by atoms with van der Waals surface area (Å²) >= 11 is 0. The second kappa shape index (κ2) is 5.39. The van der Waals surface area contributed by atoms with E-state index in [2.05, 4.69) is 4.98 Å². The number of hydrogen-bond acceptors (Lipinski definition) is 4. The number of hydrogen-bond donors (Lipinski definition) is 2. The summed E-state index contributed by atoms with van der Waals surface area (Å²) in [5.41, 5.74) is 12.8. The van der Waals surface area contributed by atoms with E-state index in [9.17, 15) is 4.79 Å². The summed E-state index contributed by atoms with van der Waals surface area (Å²) in [4.78, 5) is 15.2. The zero-order chi connectivity index (χ0) is 13.8. The number of carbonyl (C=O) groups excluding carboxylic acids is 1. The maximum absolute atomic E-state index is 11.1. The Bertz CT molecular complexity index is 599. The van der Waals surface area contributed by atoms with Crippen LogP contribution in [0.1, 0.15) is 28.9 Å². The van der Waals surface area contributed by atoms with Crippen molar-refractivity contribution in [2.75, 3.05) is 5.73 Å². The third-order valence-corrected chi connectivity index (χ3v) is 2.73. The highest BCUT2D eigenvalue weighted by atomic mass is 16.5. The third-order valence-electron chi connectivity index (χ3n) is 2.73. The fraction of sp³-hybridized carbons (Fsp3) is 0.143. The maximum atomic E-state index is 11.1. The molecule has 0 radical (unpaired) electrons. The van der Waals surface area contributed by atoms with Gasteiger partial charge in [0, 0.05) is 11.8 Å². The highest BCUT2D eigenvalue weighted by molar-refractivity contribution is 5.92. The summed E-state index contributed by atoms with van der Waals surface area (Å²) in [6, 6.07) is 10.4. The molecule has 0 spiro atoms. The zero-order valence-electron chi connectivity index (χ0n) is 10.5. The van der Waals surface area contributed by atoms with Crippen LogP contribution in [0.25, 0.3) is 0 Å². The van der Waals surface area contributed by atoms with Crippen LogP contribution in [0, 0.1) is 0 Å². The average molecular weight is 257 g/mol. The second-order valence-corrected chi connectivity index (χ2v) is 4.15. The highest BCUT2D eigenvalue weighted by Gasteiger charge is 2.11. The van der Waals surface area contributed by atoms with Crippen molar-refractivity contribution in [1.82, 2.24) is 4.98 Å². The number of amides is 1. The number of nitrogen functional groups attached to an aromatic ring is 1. The average Bonchev–Trinajstić information content (AvgIpc) is 2.41. The first-order valence-corrected chi connectivity index (χ1v) is 5.85. The molecule has 0 saturated heterocycles. The molecule has 1 aromatic heterocycles. The smallest absolute Gasteiger partial charge is 0.248 e. The van der Waals surface area contributed by atoms with E-state index in [0.717, 1.165) is 5.56 Å². The number of primary amides is 1. The quantitative estimate of drug-likeness (QED) is 0.875. The Hall–Kier alpha value is -2.56. The molecule has 1 heterocycles. The van der Waals surface area contributed by atoms with Crippen molar-refractivity contribution in [2.45, 2.75) is 13.0 Å². The molecule has 2 rings (SSSR count). The van der Waals surface area contributed by atoms with E-state index >= 15 is 0 Å². The predicted molar refractivity (Wildman–Crippen MR) is 72.7 cm³/mol. The summed E-state index contributed by atoms with van der Waals surface area (Å²) in [5, 5.41) is 0. The molecule has 0 aliphatic carbocycles. The predicted octanol–water partition coefficient (Wildman–Crippen LogP) is 1.90. The SMILES string of the molecule is CC(Oc1ncccc1N)c1cccc(C(N)=O)c1. The molecular formula is C14H15N3O2. The minimum atomic E-state index is -0.466. The number of anilines is 1. The Labute approximate surface area is 111 Å². The number of benzene rings is 1. The van der Waals surface area contributed by atoms with Gasteiger partial charge in [-0.15, -0.1) is 0 Å². The van der Waals surface area contributed by atoms with Gasteiger partial charge in [-0.25, -0.2) is 4.98 Å². The van der Waals surface area contributed by atoms with Gasteiger partial charge < -0.3 is 16.2 Å². The van der Waals surface area contributed by atoms with E-state index in [1.54, 1.807) is 36.5 Å². The van der Waals surface area contributed by atoms with Crippen LogP contribution in [-0.4, -0.2) is 10.9 Å². The Morgan fingerprint density at radius 3 is 2.79 bits per heavy atom. The van der Waals surface area contributed by atoms with Gasteiger partial charge in [-0.3, -0.25) is 4.79 Å². The summed E-state index contributed by atoms with van der Waals surface area (Å²) < 4.78 is 5.68. The minimum absolute atomic E-state index is 0.281. The molecule has 0 aliphatic rings. The van der Waals surface area contributed by atoms with E-state index in [1.165, 1.54) is 0 Å². The zero-order valence-corrected chi connectivity index (χ0v) is 10.5. The van der Waals surface area contributed by atoms with Gasteiger partial charge in [0.05, 0.1) is 5.69 Å². The molecule has 1 atom stereocenters. The Morgan fingerprint density at radius 1 is 1.32 bits per heavy atom. The molecule has 0 saturated carbocycles. The number of pyridine rings is 1. The topological polar surface area (TPSA) is 91.2 Å². The van der Waals surface area contributed by atoms with Crippen molar-refractivity contribution in [3.05, 3.63) is 53.7 Å². The van der Waals surface area contributed by atoms with Gasteiger partial charge in [-0.1, -0.05) is 12.1 Å². The van der Waals surface area contributed by atoms with Gasteiger partial charge in [0.15, 0.2) is 0 Å². The van der Waals surface area contributed by atoms with Gasteiger partial charge in [0.1, 0.15) is 6.10 Å². The number of rotatable bonds is 4. The van der Waals surface area contributed by atoms with Crippen molar-refractivity contribution >= 4 is 11.6 Å². The molecule has 19 heavy (non-hydrogen) atoms. The summed E-state index contributed by atoms with van der Waals surface area (Å²) in [5.74, 6) is -0.0918. The van der Waals surface area contributed by atoms with Crippen LogP contribution < -0.4 is 16.2 Å². The lowest BCUT2D eigenvalue weighted by molar-refractivity contribution is 0.1000. The van der Waals surface area contributed by atoms with Gasteiger partial charge in [-0.2, -0.15) is 0 Å². The van der Waals surface area contributed by atoms with E-state index in [4.69, 9.17) is 16.2 Å². The van der Waals surface area contributed by atoms with Crippen molar-refractivity contribution in [3.8, 4) is 5.88 Å². The van der Waals surface area contributed by atoms with Crippen LogP contribution in [0.5, 0.6) is 5.88 Å². The number of nitrogens with zero attached hydrogens (tertiary/aromatic N) is 1. The van der Waals surface area contributed by atoms with Gasteiger partial charge >= 0.3 is 0 Å². The van der Waals surface area contributed by atoms with Crippen LogP contribution in [0.2, 0.25) is 0 Å². The van der Waals surface area contributed by atoms with Crippen molar-refractivity contribution in [1.29, 1.82) is 0 Å². The standard InChI is InChI=1S/C14H15N3O2/c1-9(19-14-12(15)6-3-7-17-14)10-4-2-5-11(8-10)13(16)18/h2-9H,15H2,1H3,(H2,16,18). The first kappa shape index (κ1) is 12.9. The highest BCUT2D eigenvalue weighted by Crippen LogP contribution is 2.24. The van der Waals surface area contributed by atoms with Crippen molar-refractivity contribution < 1.29 is 9.53 Å². The summed E-state index contributed by atoms with van der Waals surface area (Å²) in [6.07, 6.45) is 1.33. The van der Waals surface area contributed by atoms with Crippen LogP contribution in [0.4, 0.5) is 5.69 Å². The first-order valence-electron chi connectivity index (χ1n) is 5.85. The summed E-state index contributed by atoms with van der Waals surface area (Å²) in [7, 11) is 0. The molecule has 1 amide bonds. The molecule has 5 heteroatoms. The fourth-order valence-electron chi connectivity index (χ4n) is 1.68. The monoisotopic (exact) mass is 257 g/mol. The molecule has 0 fully saturated rings. The van der Waals surface area contributed by atoms with E-state index in [1.807, 2.05) is 13.0 Å². The van der Waals surface area contributed by atoms with Gasteiger partial charge in [-0.05, 0) is 36.8 Å². The van der Waals surface area contributed by atoms with E-state index < -0.39 is 5.91 Å². The lowest BCUT2D eigenvalue weighted by Gasteiger charge is -2.15. The fourth-order valence-corrected chi connectivity index (χ4v) is 1.68. The molecule has 5 nitrogen and oxygen atoms in total. The van der Waals surface area contributed by atoms with Crippen LogP contribution in [0.3, 0.4) is 0 Å². The van der Waals surface area contributed by atoms with Crippen molar-refractivity contribution in [3.63, 3.8) is 0 Å². The Morgan fingerprint density at radius 2 is 2.11 bits per heavy atom. The normalized spacial score (nSPS) is 11.8. The number of ether oxygens (including phenoxy) is 1. The van der Waals surface area contributed by atoms with Crippen LogP contribution >= 0.6 is 0 Å². The maximum Gasteiger partial charge on any atom is 0.248 e. The molecule has 0 bridgehead atoms. The molecule has 4 N–H and O–H groups in total. The molecule has 2 aromatic rings. The molecule has 1 unspecified atom stereocenters. The minimum Gasteiger partial charge on any atom is -0.468 e. The number of nitrogens with two attached hydrogens (primary N) is 2. The lowest BCUT2D eigenvalue weighted by Crippen LogP contribution is -2.12. The van der Waals surface area contributed by atoms with Crippen LogP contribution in [0.15, 0.2) is 42.6 Å². The number of aromatic nitrogens is 1. The molecular weight excluding hydrogens is 242 g/mol. The van der Waals surface area contributed by atoms with E-state index in [0.29, 0.717) is 17.1 Å². The van der Waals surface area contributed by atoms with E-state index in [-0.39, 0.29) is 6.10 Å². The van der Waals surface area contributed by atoms with Crippen molar-refractivity contribution in [2.24, 2.45) is 5.73 Å². The number of carbonyl (C=O) groups is 1. The largest absolute Gasteiger partial charge is 0.468 e. The Balaban J connectivity index is 2.20. The van der Waals surface area contributed by atoms with Gasteiger partial charge in [0.25, 0.3) is 0 Å². The third kappa shape index (κ3) is 3.01. The molecule has 0 aliphatic heterocycles. The molecule has 98 valence electrons. The first-order chi connectivity index (χ1) is 9.08.